The van der Waals surface area contributed by atoms with E-state index < -0.39 is 0 Å². The summed E-state index contributed by atoms with van der Waals surface area (Å²) in [5, 5.41) is 3.83. The molecule has 0 saturated carbocycles. The molecular weight excluding hydrogens is 380 g/mol. The van der Waals surface area contributed by atoms with Crippen LogP contribution in [0.5, 0.6) is 5.75 Å². The van der Waals surface area contributed by atoms with Crippen molar-refractivity contribution in [3.63, 3.8) is 0 Å². The molecule has 4 nitrogen and oxygen atoms in total. The maximum Gasteiger partial charge on any atom is 0.251 e. The lowest BCUT2D eigenvalue weighted by atomic mass is 10.1. The minimum Gasteiger partial charge on any atom is -0.495 e. The quantitative estimate of drug-likeness (QED) is 0.731. The number of carbonyl (C=O) groups excluding carboxylic acids is 1. The van der Waals surface area contributed by atoms with E-state index in [1.807, 2.05) is 54.2 Å². The van der Waals surface area contributed by atoms with E-state index >= 15 is 0 Å². The summed E-state index contributed by atoms with van der Waals surface area (Å²) < 4.78 is 5.45. The highest BCUT2D eigenvalue weighted by molar-refractivity contribution is 7.98. The second-order valence-corrected chi connectivity index (χ2v) is 8.27. The first-order valence-electron chi connectivity index (χ1n) is 9.16. The predicted molar refractivity (Wildman–Crippen MR) is 114 cm³/mol. The van der Waals surface area contributed by atoms with E-state index in [-0.39, 0.29) is 11.9 Å². The van der Waals surface area contributed by atoms with Crippen LogP contribution in [0, 0.1) is 0 Å². The third-order valence-corrected chi connectivity index (χ3v) is 5.87. The third-order valence-electron chi connectivity index (χ3n) is 4.69. The summed E-state index contributed by atoms with van der Waals surface area (Å²) in [4.78, 5) is 14.8. The zero-order valence-electron chi connectivity index (χ0n) is 15.7. The van der Waals surface area contributed by atoms with Gasteiger partial charge in [0.15, 0.2) is 0 Å². The molecule has 27 heavy (non-hydrogen) atoms. The van der Waals surface area contributed by atoms with Crippen LogP contribution >= 0.6 is 23.4 Å². The van der Waals surface area contributed by atoms with Crippen molar-refractivity contribution in [2.24, 2.45) is 0 Å². The molecule has 2 aromatic carbocycles. The van der Waals surface area contributed by atoms with Gasteiger partial charge in [0, 0.05) is 35.5 Å². The highest BCUT2D eigenvalue weighted by atomic mass is 35.5. The van der Waals surface area contributed by atoms with Crippen molar-refractivity contribution in [1.29, 1.82) is 0 Å². The second-order valence-electron chi connectivity index (χ2n) is 6.56. The molecule has 1 saturated heterocycles. The summed E-state index contributed by atoms with van der Waals surface area (Å²) >= 11 is 8.02. The molecule has 1 fully saturated rings. The number of nitrogens with one attached hydrogen (secondary N) is 1. The topological polar surface area (TPSA) is 41.6 Å². The number of halogens is 1. The van der Waals surface area contributed by atoms with Crippen molar-refractivity contribution in [2.75, 3.05) is 30.9 Å². The minimum atomic E-state index is -0.0189. The number of anilines is 1. The molecule has 1 atom stereocenters. The number of rotatable bonds is 7. The SMILES string of the molecule is CCSCc1ccc(C(=O)NC2CCN(c3cc(Cl)ccc3OC)C2)cc1. The first kappa shape index (κ1) is 19.9. The largest absolute Gasteiger partial charge is 0.495 e. The third kappa shape index (κ3) is 5.11. The van der Waals surface area contributed by atoms with Gasteiger partial charge in [-0.1, -0.05) is 30.7 Å². The Kier molecular flexibility index (Phi) is 6.91. The van der Waals surface area contributed by atoms with E-state index in [0.29, 0.717) is 10.6 Å². The van der Waals surface area contributed by atoms with Gasteiger partial charge >= 0.3 is 0 Å². The maximum atomic E-state index is 12.6. The lowest BCUT2D eigenvalue weighted by Gasteiger charge is -2.21. The standard InChI is InChI=1S/C21H25ClN2O2S/c1-3-27-14-15-4-6-16(7-5-15)21(25)23-18-10-11-24(13-18)19-12-17(22)8-9-20(19)26-2/h4-9,12,18H,3,10-11,13-14H2,1-2H3,(H,23,25). The molecule has 1 amide bonds. The van der Waals surface area contributed by atoms with Gasteiger partial charge in [-0.25, -0.2) is 0 Å². The molecule has 0 aliphatic carbocycles. The molecule has 1 unspecified atom stereocenters. The van der Waals surface area contributed by atoms with Crippen LogP contribution in [0.4, 0.5) is 5.69 Å². The number of benzene rings is 2. The Morgan fingerprint density at radius 3 is 2.78 bits per heavy atom. The van der Waals surface area contributed by atoms with Gasteiger partial charge in [-0.3, -0.25) is 4.79 Å². The Morgan fingerprint density at radius 1 is 1.30 bits per heavy atom. The summed E-state index contributed by atoms with van der Waals surface area (Å²) in [6.07, 6.45) is 0.895. The fourth-order valence-corrected chi connectivity index (χ4v) is 4.05. The van der Waals surface area contributed by atoms with Crippen molar-refractivity contribution < 1.29 is 9.53 Å². The van der Waals surface area contributed by atoms with Gasteiger partial charge in [-0.15, -0.1) is 0 Å². The molecule has 1 N–H and O–H groups in total. The van der Waals surface area contributed by atoms with Crippen LogP contribution in [0.1, 0.15) is 29.3 Å². The van der Waals surface area contributed by atoms with E-state index in [9.17, 15) is 4.79 Å². The van der Waals surface area contributed by atoms with E-state index in [0.717, 1.165) is 42.5 Å². The fraction of sp³-hybridized carbons (Fsp3) is 0.381. The number of carbonyl (C=O) groups is 1. The Balaban J connectivity index is 1.59. The Morgan fingerprint density at radius 2 is 2.07 bits per heavy atom. The van der Waals surface area contributed by atoms with Gasteiger partial charge in [-0.2, -0.15) is 11.8 Å². The number of nitrogens with zero attached hydrogens (tertiary/aromatic N) is 1. The molecule has 0 bridgehead atoms. The van der Waals surface area contributed by atoms with Crippen molar-refractivity contribution in [3.8, 4) is 5.75 Å². The fourth-order valence-electron chi connectivity index (χ4n) is 3.25. The lowest BCUT2D eigenvalue weighted by Crippen LogP contribution is -2.37. The van der Waals surface area contributed by atoms with Crippen LogP contribution in [0.15, 0.2) is 42.5 Å². The van der Waals surface area contributed by atoms with Crippen LogP contribution in [-0.2, 0) is 5.75 Å². The van der Waals surface area contributed by atoms with Gasteiger partial charge < -0.3 is 15.0 Å². The van der Waals surface area contributed by atoms with Crippen molar-refractivity contribution in [1.82, 2.24) is 5.32 Å². The van der Waals surface area contributed by atoms with Gasteiger partial charge in [0.05, 0.1) is 12.8 Å². The number of hydrogen-bond donors (Lipinski definition) is 1. The molecule has 1 heterocycles. The highest BCUT2D eigenvalue weighted by Crippen LogP contribution is 2.33. The van der Waals surface area contributed by atoms with Crippen molar-refractivity contribution in [2.45, 2.75) is 25.1 Å². The number of thioether (sulfide) groups is 1. The highest BCUT2D eigenvalue weighted by Gasteiger charge is 2.26. The molecule has 144 valence electrons. The summed E-state index contributed by atoms with van der Waals surface area (Å²) in [7, 11) is 1.66. The maximum absolute atomic E-state index is 12.6. The van der Waals surface area contributed by atoms with Gasteiger partial charge in [0.1, 0.15) is 5.75 Å². The first-order valence-corrected chi connectivity index (χ1v) is 10.7. The molecule has 1 aliphatic rings. The number of ether oxygens (including phenoxy) is 1. The van der Waals surface area contributed by atoms with E-state index in [4.69, 9.17) is 16.3 Å². The molecular formula is C21H25ClN2O2S. The van der Waals surface area contributed by atoms with E-state index in [1.165, 1.54) is 5.56 Å². The summed E-state index contributed by atoms with van der Waals surface area (Å²) in [5.41, 5.74) is 2.93. The normalized spacial score (nSPS) is 16.4. The zero-order valence-corrected chi connectivity index (χ0v) is 17.3. The van der Waals surface area contributed by atoms with Crippen LogP contribution < -0.4 is 15.0 Å². The summed E-state index contributed by atoms with van der Waals surface area (Å²) in [6.45, 7) is 3.75. The van der Waals surface area contributed by atoms with Crippen LogP contribution in [0.3, 0.4) is 0 Å². The minimum absolute atomic E-state index is 0.0189. The molecule has 2 aromatic rings. The average molecular weight is 405 g/mol. The molecule has 0 aromatic heterocycles. The van der Waals surface area contributed by atoms with Gasteiger partial charge in [0.2, 0.25) is 0 Å². The van der Waals surface area contributed by atoms with Crippen LogP contribution in [-0.4, -0.2) is 37.9 Å². The first-order chi connectivity index (χ1) is 13.1. The Hall–Kier alpha value is -1.85. The molecule has 3 rings (SSSR count). The van der Waals surface area contributed by atoms with E-state index in [1.54, 1.807) is 7.11 Å². The number of hydrogen-bond acceptors (Lipinski definition) is 4. The van der Waals surface area contributed by atoms with Gasteiger partial charge in [-0.05, 0) is 48.1 Å². The molecule has 0 spiro atoms. The average Bonchev–Trinajstić information content (AvgIpc) is 3.15. The second kappa shape index (κ2) is 9.38. The van der Waals surface area contributed by atoms with Crippen LogP contribution in [0.2, 0.25) is 5.02 Å². The van der Waals surface area contributed by atoms with Crippen molar-refractivity contribution >= 4 is 35.0 Å². The molecule has 1 aliphatic heterocycles. The summed E-state index contributed by atoms with van der Waals surface area (Å²) in [6, 6.07) is 13.6. The molecule has 6 heteroatoms. The smallest absolute Gasteiger partial charge is 0.251 e. The van der Waals surface area contributed by atoms with Crippen molar-refractivity contribution in [3.05, 3.63) is 58.6 Å². The number of amides is 1. The zero-order chi connectivity index (χ0) is 19.2. The predicted octanol–water partition coefficient (Wildman–Crippen LogP) is 4.61. The Labute approximate surface area is 170 Å². The lowest BCUT2D eigenvalue weighted by molar-refractivity contribution is 0.0940. The summed E-state index contributed by atoms with van der Waals surface area (Å²) in [5.74, 6) is 2.86. The van der Waals surface area contributed by atoms with E-state index in [2.05, 4.69) is 17.1 Å². The number of methoxy groups -OCH3 is 1. The monoisotopic (exact) mass is 404 g/mol. The molecule has 0 radical (unpaired) electrons. The van der Waals surface area contributed by atoms with Gasteiger partial charge in [0.25, 0.3) is 5.91 Å². The Bertz CT molecular complexity index is 782. The van der Waals surface area contributed by atoms with Crippen LogP contribution in [0.25, 0.3) is 0 Å².